The molecule has 1 aromatic carbocycles. The van der Waals surface area contributed by atoms with Crippen LogP contribution in [0.4, 0.5) is 13.2 Å². The molecule has 0 spiro atoms. The Morgan fingerprint density at radius 3 is 1.93 bits per heavy atom. The summed E-state index contributed by atoms with van der Waals surface area (Å²) in [4.78, 5) is 37.9. The number of halogens is 3. The van der Waals surface area contributed by atoms with Crippen molar-refractivity contribution in [2.75, 3.05) is 0 Å². The van der Waals surface area contributed by atoms with Gasteiger partial charge in [0.1, 0.15) is 0 Å². The SMILES string of the molecule is O.O=C(NN1C(=O)[C@@H]2C3C=CC([C@H]4C[C@@H]34)[C@@H]2C1=O)c1ccc(C(F)(F)F)cc1. The molecule has 1 heterocycles. The van der Waals surface area contributed by atoms with Crippen LogP contribution in [0.3, 0.4) is 0 Å². The van der Waals surface area contributed by atoms with Crippen molar-refractivity contribution < 1.29 is 33.0 Å². The van der Waals surface area contributed by atoms with Gasteiger partial charge in [0.05, 0.1) is 17.4 Å². The molecule has 5 aliphatic rings. The Kier molecular flexibility index (Phi) is 3.94. The first-order chi connectivity index (χ1) is 12.8. The summed E-state index contributed by atoms with van der Waals surface area (Å²) in [6.45, 7) is 0. The number of hydrogen-bond acceptors (Lipinski definition) is 3. The minimum absolute atomic E-state index is 0. The van der Waals surface area contributed by atoms with Crippen LogP contribution in [-0.2, 0) is 15.8 Å². The lowest BCUT2D eigenvalue weighted by atomic mass is 9.63. The third-order valence-corrected chi connectivity index (χ3v) is 6.35. The van der Waals surface area contributed by atoms with Crippen LogP contribution in [0.25, 0.3) is 0 Å². The maximum atomic E-state index is 12.8. The van der Waals surface area contributed by atoms with Crippen LogP contribution >= 0.6 is 0 Å². The number of hydrogen-bond donors (Lipinski definition) is 1. The second kappa shape index (κ2) is 5.91. The minimum Gasteiger partial charge on any atom is -0.412 e. The van der Waals surface area contributed by atoms with Gasteiger partial charge in [-0.2, -0.15) is 18.2 Å². The first kappa shape index (κ1) is 18.7. The van der Waals surface area contributed by atoms with Crippen LogP contribution in [-0.4, -0.2) is 28.2 Å². The summed E-state index contributed by atoms with van der Waals surface area (Å²) < 4.78 is 37.9. The van der Waals surface area contributed by atoms with Gasteiger partial charge in [0.15, 0.2) is 0 Å². The molecule has 2 bridgehead atoms. The Morgan fingerprint density at radius 1 is 0.964 bits per heavy atom. The van der Waals surface area contributed by atoms with E-state index in [2.05, 4.69) is 5.43 Å². The number of nitrogens with zero attached hydrogens (tertiary/aromatic N) is 1. The molecule has 6 atom stereocenters. The van der Waals surface area contributed by atoms with Crippen molar-refractivity contribution in [1.82, 2.24) is 10.4 Å². The van der Waals surface area contributed by atoms with Gasteiger partial charge in [-0.15, -0.1) is 0 Å². The predicted octanol–water partition coefficient (Wildman–Crippen LogP) is 1.58. The van der Waals surface area contributed by atoms with Gasteiger partial charge in [-0.1, -0.05) is 12.2 Å². The van der Waals surface area contributed by atoms with Gasteiger partial charge in [-0.25, -0.2) is 0 Å². The molecular formula is C19H17F3N2O4. The summed E-state index contributed by atoms with van der Waals surface area (Å²) >= 11 is 0. The highest BCUT2D eigenvalue weighted by atomic mass is 19.4. The van der Waals surface area contributed by atoms with Gasteiger partial charge < -0.3 is 5.48 Å². The highest BCUT2D eigenvalue weighted by molar-refractivity contribution is 6.08. The van der Waals surface area contributed by atoms with Gasteiger partial charge in [0.2, 0.25) is 0 Å². The number of imide groups is 1. The lowest BCUT2D eigenvalue weighted by molar-refractivity contribution is -0.143. The van der Waals surface area contributed by atoms with Crippen molar-refractivity contribution in [2.45, 2.75) is 12.6 Å². The maximum absolute atomic E-state index is 12.8. The van der Waals surface area contributed by atoms with Crippen molar-refractivity contribution >= 4 is 17.7 Å². The molecule has 0 aromatic heterocycles. The van der Waals surface area contributed by atoms with Crippen molar-refractivity contribution in [1.29, 1.82) is 0 Å². The van der Waals surface area contributed by atoms with Gasteiger partial charge in [0.25, 0.3) is 17.7 Å². The lowest BCUT2D eigenvalue weighted by Crippen LogP contribution is -2.46. The number of benzene rings is 1. The number of hydrazine groups is 1. The van der Waals surface area contributed by atoms with Crippen molar-refractivity contribution in [2.24, 2.45) is 35.5 Å². The first-order valence-corrected chi connectivity index (χ1v) is 8.82. The molecule has 2 saturated carbocycles. The molecule has 3 fully saturated rings. The van der Waals surface area contributed by atoms with E-state index in [4.69, 9.17) is 0 Å². The monoisotopic (exact) mass is 394 g/mol. The standard InChI is InChI=1S/C19H15F3N2O3.H2O/c20-19(21,22)9-3-1-8(2-4-9)16(25)23-24-17(26)14-10-5-6-11(13-7-12(10)13)15(14)18(24)27;/h1-6,10-15H,7H2,(H,23,25);1H2/t10?,11?,12-,13+,14+,15-;. The normalized spacial score (nSPS) is 34.6. The average Bonchev–Trinajstić information content (AvgIpc) is 3.42. The third kappa shape index (κ3) is 2.49. The van der Waals surface area contributed by atoms with Gasteiger partial charge in [-0.3, -0.25) is 19.8 Å². The summed E-state index contributed by atoms with van der Waals surface area (Å²) in [6, 6.07) is 3.63. The molecule has 148 valence electrons. The van der Waals surface area contributed by atoms with Gasteiger partial charge in [-0.05, 0) is 54.4 Å². The number of rotatable bonds is 2. The Labute approximate surface area is 157 Å². The molecule has 4 aliphatic carbocycles. The van der Waals surface area contributed by atoms with E-state index in [1.807, 2.05) is 12.2 Å². The summed E-state index contributed by atoms with van der Waals surface area (Å²) in [7, 11) is 0. The van der Waals surface area contributed by atoms with Crippen LogP contribution < -0.4 is 5.43 Å². The van der Waals surface area contributed by atoms with E-state index in [1.165, 1.54) is 0 Å². The number of alkyl halides is 3. The smallest absolute Gasteiger partial charge is 0.412 e. The van der Waals surface area contributed by atoms with Crippen molar-refractivity contribution in [3.05, 3.63) is 47.5 Å². The van der Waals surface area contributed by atoms with Crippen LogP contribution in [0, 0.1) is 35.5 Å². The zero-order valence-corrected chi connectivity index (χ0v) is 14.4. The zero-order chi connectivity index (χ0) is 19.1. The molecule has 6 rings (SSSR count). The minimum atomic E-state index is -4.50. The molecule has 1 saturated heterocycles. The largest absolute Gasteiger partial charge is 0.416 e. The summed E-state index contributed by atoms with van der Waals surface area (Å²) in [5.41, 5.74) is 1.37. The third-order valence-electron chi connectivity index (χ3n) is 6.35. The van der Waals surface area contributed by atoms with E-state index in [0.717, 1.165) is 35.7 Å². The Balaban J connectivity index is 0.00000192. The molecule has 1 aliphatic heterocycles. The van der Waals surface area contributed by atoms with Gasteiger partial charge in [0, 0.05) is 5.56 Å². The van der Waals surface area contributed by atoms with Crippen molar-refractivity contribution in [3.8, 4) is 0 Å². The van der Waals surface area contributed by atoms with Crippen LogP contribution in [0.15, 0.2) is 36.4 Å². The van der Waals surface area contributed by atoms with Crippen LogP contribution in [0.1, 0.15) is 22.3 Å². The van der Waals surface area contributed by atoms with E-state index in [0.29, 0.717) is 11.8 Å². The number of allylic oxidation sites excluding steroid dienone is 2. The first-order valence-electron chi connectivity index (χ1n) is 8.82. The number of nitrogens with one attached hydrogen (secondary N) is 1. The van der Waals surface area contributed by atoms with E-state index >= 15 is 0 Å². The molecule has 3 N–H and O–H groups in total. The van der Waals surface area contributed by atoms with Crippen LogP contribution in [0.5, 0.6) is 0 Å². The van der Waals surface area contributed by atoms with E-state index in [1.54, 1.807) is 0 Å². The van der Waals surface area contributed by atoms with Crippen molar-refractivity contribution in [3.63, 3.8) is 0 Å². The second-order valence-corrected chi connectivity index (χ2v) is 7.68. The predicted molar refractivity (Wildman–Crippen MR) is 89.1 cm³/mol. The molecule has 3 amide bonds. The maximum Gasteiger partial charge on any atom is 0.416 e. The van der Waals surface area contributed by atoms with E-state index in [-0.39, 0.29) is 22.9 Å². The molecule has 2 unspecified atom stereocenters. The van der Waals surface area contributed by atoms with E-state index < -0.39 is 41.3 Å². The Morgan fingerprint density at radius 2 is 1.46 bits per heavy atom. The second-order valence-electron chi connectivity index (χ2n) is 7.68. The highest BCUT2D eigenvalue weighted by Crippen LogP contribution is 2.65. The lowest BCUT2D eigenvalue weighted by Gasteiger charge is -2.37. The summed E-state index contributed by atoms with van der Waals surface area (Å²) in [5, 5.41) is 0.771. The molecule has 28 heavy (non-hydrogen) atoms. The molecule has 6 nitrogen and oxygen atoms in total. The quantitative estimate of drug-likeness (QED) is 0.609. The number of carbonyl (C=O) groups excluding carboxylic acids is 3. The fraction of sp³-hybridized carbons (Fsp3) is 0.421. The molecular weight excluding hydrogens is 377 g/mol. The molecule has 1 aromatic rings. The number of amides is 3. The Bertz CT molecular complexity index is 859. The topological polar surface area (TPSA) is 98.0 Å². The summed E-state index contributed by atoms with van der Waals surface area (Å²) in [6.07, 6.45) is 0.575. The zero-order valence-electron chi connectivity index (χ0n) is 14.4. The average molecular weight is 394 g/mol. The van der Waals surface area contributed by atoms with Crippen LogP contribution in [0.2, 0.25) is 0 Å². The van der Waals surface area contributed by atoms with Gasteiger partial charge >= 0.3 is 6.18 Å². The summed E-state index contributed by atoms with van der Waals surface area (Å²) in [5.74, 6) is -1.54. The molecule has 0 radical (unpaired) electrons. The van der Waals surface area contributed by atoms with E-state index in [9.17, 15) is 27.6 Å². The highest BCUT2D eigenvalue weighted by Gasteiger charge is 2.67. The fourth-order valence-corrected chi connectivity index (χ4v) is 5.04. The molecule has 9 heteroatoms. The number of carbonyl (C=O) groups is 3. The Hall–Kier alpha value is -2.68. The fourth-order valence-electron chi connectivity index (χ4n) is 5.04.